The van der Waals surface area contributed by atoms with Gasteiger partial charge in [0.2, 0.25) is 0 Å². The van der Waals surface area contributed by atoms with Crippen LogP contribution < -0.4 is 0 Å². The summed E-state index contributed by atoms with van der Waals surface area (Å²) in [4.78, 5) is 0. The molecule has 5 heteroatoms. The molecule has 1 saturated carbocycles. The summed E-state index contributed by atoms with van der Waals surface area (Å²) in [6.07, 6.45) is 3.29. The molecule has 4 aromatic rings. The monoisotopic (exact) mass is 433 g/mol. The Kier molecular flexibility index (Phi) is 4.88. The Balaban J connectivity index is 1.54. The van der Waals surface area contributed by atoms with Gasteiger partial charge in [-0.05, 0) is 53.8 Å². The molecule has 0 atom stereocenters. The molecule has 0 spiro atoms. The largest absolute Gasteiger partial charge is 0.313 e. The number of hydrogen-bond donors (Lipinski definition) is 0. The van der Waals surface area contributed by atoms with Crippen LogP contribution in [0, 0.1) is 0 Å². The van der Waals surface area contributed by atoms with Crippen LogP contribution in [0.2, 0.25) is 10.0 Å². The average molecular weight is 434 g/mol. The van der Waals surface area contributed by atoms with Gasteiger partial charge in [-0.1, -0.05) is 78.2 Å². The number of nitrogens with zero attached hydrogens (tertiary/aromatic N) is 3. The Bertz CT molecular complexity index is 1190. The lowest BCUT2D eigenvalue weighted by Gasteiger charge is -2.41. The summed E-state index contributed by atoms with van der Waals surface area (Å²) in [5.74, 6) is 1.77. The standard InChI is InChI=1S/C25H21Cl2N3/c1-30-23(21-13-8-18(16-22(21)27)17-6-3-2-4-7-17)28-29-24(30)25(14-5-15-25)19-9-11-20(26)12-10-19/h2-4,6-13,16H,5,14-15H2,1H3. The summed E-state index contributed by atoms with van der Waals surface area (Å²) in [5.41, 5.74) is 4.25. The first kappa shape index (κ1) is 19.3. The highest BCUT2D eigenvalue weighted by molar-refractivity contribution is 6.33. The second kappa shape index (κ2) is 7.57. The zero-order valence-corrected chi connectivity index (χ0v) is 18.2. The van der Waals surface area contributed by atoms with Gasteiger partial charge in [-0.2, -0.15) is 0 Å². The highest BCUT2D eigenvalue weighted by Gasteiger charge is 2.44. The molecule has 5 rings (SSSR count). The van der Waals surface area contributed by atoms with Crippen LogP contribution in [0.1, 0.15) is 30.7 Å². The maximum atomic E-state index is 6.70. The van der Waals surface area contributed by atoms with Crippen LogP contribution in [0.25, 0.3) is 22.5 Å². The molecule has 1 aromatic heterocycles. The van der Waals surface area contributed by atoms with Crippen LogP contribution in [0.15, 0.2) is 72.8 Å². The zero-order chi connectivity index (χ0) is 20.7. The number of aromatic nitrogens is 3. The quantitative estimate of drug-likeness (QED) is 0.349. The van der Waals surface area contributed by atoms with Crippen LogP contribution >= 0.6 is 23.2 Å². The van der Waals surface area contributed by atoms with Crippen molar-refractivity contribution in [2.24, 2.45) is 7.05 Å². The van der Waals surface area contributed by atoms with E-state index in [1.54, 1.807) is 0 Å². The topological polar surface area (TPSA) is 30.7 Å². The van der Waals surface area contributed by atoms with Crippen molar-refractivity contribution >= 4 is 23.2 Å². The van der Waals surface area contributed by atoms with Gasteiger partial charge >= 0.3 is 0 Å². The molecule has 3 aromatic carbocycles. The maximum absolute atomic E-state index is 6.70. The van der Waals surface area contributed by atoms with Crippen molar-refractivity contribution in [3.8, 4) is 22.5 Å². The normalized spacial score (nSPS) is 15.0. The molecule has 0 bridgehead atoms. The van der Waals surface area contributed by atoms with Gasteiger partial charge in [0, 0.05) is 17.6 Å². The molecule has 0 aliphatic heterocycles. The minimum atomic E-state index is -0.110. The fraction of sp³-hybridized carbons (Fsp3) is 0.200. The summed E-state index contributed by atoms with van der Waals surface area (Å²) in [7, 11) is 2.03. The van der Waals surface area contributed by atoms with Gasteiger partial charge in [0.25, 0.3) is 0 Å². The average Bonchev–Trinajstić information content (AvgIpc) is 3.11. The van der Waals surface area contributed by atoms with Crippen molar-refractivity contribution in [1.82, 2.24) is 14.8 Å². The summed E-state index contributed by atoms with van der Waals surface area (Å²) in [5, 5.41) is 10.6. The van der Waals surface area contributed by atoms with E-state index in [1.807, 2.05) is 49.5 Å². The highest BCUT2D eigenvalue weighted by Crippen LogP contribution is 2.49. The second-order valence-corrected chi connectivity index (χ2v) is 8.75. The Morgan fingerprint density at radius 2 is 1.57 bits per heavy atom. The molecule has 0 radical (unpaired) electrons. The third kappa shape index (κ3) is 3.13. The molecule has 3 nitrogen and oxygen atoms in total. The molecule has 0 unspecified atom stereocenters. The smallest absolute Gasteiger partial charge is 0.165 e. The van der Waals surface area contributed by atoms with Gasteiger partial charge in [0.1, 0.15) is 5.82 Å². The second-order valence-electron chi connectivity index (χ2n) is 7.91. The van der Waals surface area contributed by atoms with Crippen LogP contribution in [-0.2, 0) is 12.5 Å². The van der Waals surface area contributed by atoms with Gasteiger partial charge in [-0.15, -0.1) is 10.2 Å². The van der Waals surface area contributed by atoms with E-state index >= 15 is 0 Å². The molecule has 1 fully saturated rings. The molecule has 0 amide bonds. The van der Waals surface area contributed by atoms with E-state index in [0.717, 1.165) is 46.2 Å². The van der Waals surface area contributed by atoms with Gasteiger partial charge in [-0.25, -0.2) is 0 Å². The summed E-state index contributed by atoms with van der Waals surface area (Å²) in [6, 6.07) is 24.5. The molecule has 1 heterocycles. The highest BCUT2D eigenvalue weighted by atomic mass is 35.5. The number of hydrogen-bond acceptors (Lipinski definition) is 2. The molecular weight excluding hydrogens is 413 g/mol. The van der Waals surface area contributed by atoms with Crippen LogP contribution in [0.4, 0.5) is 0 Å². The Morgan fingerprint density at radius 3 is 2.20 bits per heavy atom. The van der Waals surface area contributed by atoms with Crippen molar-refractivity contribution in [3.63, 3.8) is 0 Å². The lowest BCUT2D eigenvalue weighted by Crippen LogP contribution is -2.38. The minimum Gasteiger partial charge on any atom is -0.313 e. The molecule has 1 aliphatic carbocycles. The fourth-order valence-electron chi connectivity index (χ4n) is 4.43. The van der Waals surface area contributed by atoms with Gasteiger partial charge in [-0.3, -0.25) is 0 Å². The van der Waals surface area contributed by atoms with Gasteiger partial charge in [0.05, 0.1) is 10.4 Å². The lowest BCUT2D eigenvalue weighted by molar-refractivity contribution is 0.278. The first-order chi connectivity index (χ1) is 14.6. The Morgan fingerprint density at radius 1 is 0.833 bits per heavy atom. The van der Waals surface area contributed by atoms with Crippen molar-refractivity contribution in [2.45, 2.75) is 24.7 Å². The number of halogens is 2. The van der Waals surface area contributed by atoms with Crippen LogP contribution in [0.5, 0.6) is 0 Å². The predicted molar refractivity (Wildman–Crippen MR) is 123 cm³/mol. The van der Waals surface area contributed by atoms with Gasteiger partial charge < -0.3 is 4.57 Å². The van der Waals surface area contributed by atoms with Crippen molar-refractivity contribution < 1.29 is 0 Å². The van der Waals surface area contributed by atoms with E-state index in [0.29, 0.717) is 5.02 Å². The third-order valence-electron chi connectivity index (χ3n) is 6.22. The van der Waals surface area contributed by atoms with E-state index in [1.165, 1.54) is 12.0 Å². The SMILES string of the molecule is Cn1c(-c2ccc(-c3ccccc3)cc2Cl)nnc1C1(c2ccc(Cl)cc2)CCC1. The minimum absolute atomic E-state index is 0.110. The number of rotatable bonds is 4. The molecule has 30 heavy (non-hydrogen) atoms. The van der Waals surface area contributed by atoms with E-state index in [9.17, 15) is 0 Å². The summed E-state index contributed by atoms with van der Waals surface area (Å²) >= 11 is 12.8. The van der Waals surface area contributed by atoms with Crippen molar-refractivity contribution in [3.05, 3.63) is 94.2 Å². The van der Waals surface area contributed by atoms with E-state index in [2.05, 4.69) is 45.1 Å². The molecule has 150 valence electrons. The van der Waals surface area contributed by atoms with Crippen molar-refractivity contribution in [1.29, 1.82) is 0 Å². The van der Waals surface area contributed by atoms with E-state index in [-0.39, 0.29) is 5.41 Å². The Hall–Kier alpha value is -2.62. The van der Waals surface area contributed by atoms with E-state index < -0.39 is 0 Å². The Labute approximate surface area is 186 Å². The fourth-order valence-corrected chi connectivity index (χ4v) is 4.82. The summed E-state index contributed by atoms with van der Waals surface area (Å²) < 4.78 is 2.09. The lowest BCUT2D eigenvalue weighted by atomic mass is 9.64. The first-order valence-electron chi connectivity index (χ1n) is 10.1. The maximum Gasteiger partial charge on any atom is 0.165 e. The summed E-state index contributed by atoms with van der Waals surface area (Å²) in [6.45, 7) is 0. The first-order valence-corrected chi connectivity index (χ1v) is 10.9. The molecule has 1 aliphatic rings. The predicted octanol–water partition coefficient (Wildman–Crippen LogP) is 6.93. The van der Waals surface area contributed by atoms with Crippen molar-refractivity contribution in [2.75, 3.05) is 0 Å². The number of benzene rings is 3. The zero-order valence-electron chi connectivity index (χ0n) is 16.6. The van der Waals surface area contributed by atoms with Gasteiger partial charge in [0.15, 0.2) is 5.82 Å². The molecule has 0 saturated heterocycles. The van der Waals surface area contributed by atoms with Crippen LogP contribution in [0.3, 0.4) is 0 Å². The molecular formula is C25H21Cl2N3. The molecule has 0 N–H and O–H groups in total. The third-order valence-corrected chi connectivity index (χ3v) is 6.79. The van der Waals surface area contributed by atoms with Crippen LogP contribution in [-0.4, -0.2) is 14.8 Å². The van der Waals surface area contributed by atoms with E-state index in [4.69, 9.17) is 23.2 Å².